The van der Waals surface area contributed by atoms with Gasteiger partial charge >= 0.3 is 0 Å². The van der Waals surface area contributed by atoms with Gasteiger partial charge in [0.1, 0.15) is 23.2 Å². The Labute approximate surface area is 215 Å². The predicted octanol–water partition coefficient (Wildman–Crippen LogP) is 4.17. The van der Waals surface area contributed by atoms with E-state index in [1.807, 2.05) is 13.8 Å². The van der Waals surface area contributed by atoms with Crippen molar-refractivity contribution in [1.29, 1.82) is 5.26 Å². The van der Waals surface area contributed by atoms with Gasteiger partial charge in [-0.3, -0.25) is 9.59 Å². The van der Waals surface area contributed by atoms with Crippen LogP contribution < -0.4 is 25.3 Å². The lowest BCUT2D eigenvalue weighted by atomic mass is 9.70. The number of nitriles is 1. The van der Waals surface area contributed by atoms with E-state index >= 15 is 0 Å². The van der Waals surface area contributed by atoms with Crippen molar-refractivity contribution in [3.63, 3.8) is 0 Å². The number of Topliss-reactive ketones (excluding diaryl/α,β-unsaturated/α-hetero) is 1. The average molecular weight is 504 g/mol. The highest BCUT2D eigenvalue weighted by Crippen LogP contribution is 2.48. The van der Waals surface area contributed by atoms with E-state index in [-0.39, 0.29) is 35.2 Å². The summed E-state index contributed by atoms with van der Waals surface area (Å²) < 4.78 is 22.1. The highest BCUT2D eigenvalue weighted by atomic mass is 16.5. The van der Waals surface area contributed by atoms with Crippen LogP contribution in [-0.4, -0.2) is 32.5 Å². The van der Waals surface area contributed by atoms with Crippen LogP contribution in [0.1, 0.15) is 38.2 Å². The molecule has 3 N–H and O–H groups in total. The van der Waals surface area contributed by atoms with Crippen LogP contribution in [0.2, 0.25) is 0 Å². The van der Waals surface area contributed by atoms with Gasteiger partial charge in [-0.2, -0.15) is 5.26 Å². The molecule has 1 atom stereocenters. The van der Waals surface area contributed by atoms with Crippen LogP contribution >= 0.6 is 0 Å². The smallest absolute Gasteiger partial charge is 0.262 e. The van der Waals surface area contributed by atoms with Gasteiger partial charge < -0.3 is 30.0 Å². The highest BCUT2D eigenvalue weighted by molar-refractivity contribution is 6.00. The molecule has 1 aliphatic carbocycles. The van der Waals surface area contributed by atoms with Gasteiger partial charge in [0.25, 0.3) is 5.91 Å². The number of ether oxygens (including phenoxy) is 4. The summed E-state index contributed by atoms with van der Waals surface area (Å²) in [6, 6.07) is 14.1. The third kappa shape index (κ3) is 5.38. The van der Waals surface area contributed by atoms with Gasteiger partial charge in [-0.15, -0.1) is 0 Å². The van der Waals surface area contributed by atoms with Crippen molar-refractivity contribution in [2.75, 3.05) is 26.1 Å². The second kappa shape index (κ2) is 10.3. The number of hydrogen-bond acceptors (Lipinski definition) is 8. The Morgan fingerprint density at radius 2 is 1.86 bits per heavy atom. The topological polar surface area (TPSA) is 133 Å². The van der Waals surface area contributed by atoms with Crippen LogP contribution in [-0.2, 0) is 14.3 Å². The normalized spacial score (nSPS) is 18.4. The van der Waals surface area contributed by atoms with Gasteiger partial charge in [0.2, 0.25) is 5.88 Å². The van der Waals surface area contributed by atoms with Gasteiger partial charge in [0, 0.05) is 24.1 Å². The molecule has 0 aromatic heterocycles. The van der Waals surface area contributed by atoms with E-state index in [0.717, 1.165) is 0 Å². The zero-order chi connectivity index (χ0) is 26.7. The molecule has 2 aromatic carbocycles. The third-order valence-corrected chi connectivity index (χ3v) is 6.33. The maximum Gasteiger partial charge on any atom is 0.262 e. The number of nitrogens with zero attached hydrogens (tertiary/aromatic N) is 1. The lowest BCUT2D eigenvalue weighted by Crippen LogP contribution is -2.33. The average Bonchev–Trinajstić information content (AvgIpc) is 2.86. The second-order valence-electron chi connectivity index (χ2n) is 9.68. The van der Waals surface area contributed by atoms with E-state index in [4.69, 9.17) is 24.7 Å². The summed E-state index contributed by atoms with van der Waals surface area (Å²) in [5, 5.41) is 12.6. The van der Waals surface area contributed by atoms with Crippen LogP contribution in [0.25, 0.3) is 0 Å². The summed E-state index contributed by atoms with van der Waals surface area (Å²) in [5.74, 6) is 0.745. The molecule has 0 bridgehead atoms. The maximum atomic E-state index is 13.2. The van der Waals surface area contributed by atoms with Crippen molar-refractivity contribution >= 4 is 17.4 Å². The summed E-state index contributed by atoms with van der Waals surface area (Å²) in [4.78, 5) is 25.6. The van der Waals surface area contributed by atoms with Crippen LogP contribution in [0.4, 0.5) is 5.69 Å². The van der Waals surface area contributed by atoms with E-state index in [1.165, 1.54) is 7.11 Å². The molecule has 192 valence electrons. The van der Waals surface area contributed by atoms with Gasteiger partial charge in [0.15, 0.2) is 23.9 Å². The summed E-state index contributed by atoms with van der Waals surface area (Å²) in [5.41, 5.74) is 7.68. The molecule has 37 heavy (non-hydrogen) atoms. The minimum Gasteiger partial charge on any atom is -0.497 e. The van der Waals surface area contributed by atoms with Crippen LogP contribution in [0.5, 0.6) is 17.2 Å². The van der Waals surface area contributed by atoms with Gasteiger partial charge in [-0.05, 0) is 47.4 Å². The van der Waals surface area contributed by atoms with E-state index in [2.05, 4.69) is 11.4 Å². The minimum absolute atomic E-state index is 0.00811. The minimum atomic E-state index is -0.682. The monoisotopic (exact) mass is 503 g/mol. The Balaban J connectivity index is 1.56. The first-order valence-corrected chi connectivity index (χ1v) is 11.7. The molecule has 9 nitrogen and oxygen atoms in total. The number of rotatable bonds is 7. The second-order valence-corrected chi connectivity index (χ2v) is 9.68. The molecule has 0 saturated heterocycles. The van der Waals surface area contributed by atoms with Gasteiger partial charge in [-0.1, -0.05) is 19.9 Å². The van der Waals surface area contributed by atoms with Crippen molar-refractivity contribution in [3.05, 3.63) is 70.8 Å². The van der Waals surface area contributed by atoms with E-state index in [0.29, 0.717) is 52.7 Å². The Morgan fingerprint density at radius 3 is 2.51 bits per heavy atom. The molecule has 2 aromatic rings. The number of anilines is 1. The lowest BCUT2D eigenvalue weighted by molar-refractivity contribution is -0.119. The largest absolute Gasteiger partial charge is 0.497 e. The van der Waals surface area contributed by atoms with Crippen molar-refractivity contribution < 1.29 is 28.5 Å². The molecule has 0 saturated carbocycles. The van der Waals surface area contributed by atoms with E-state index < -0.39 is 5.92 Å². The number of carbonyl (C=O) groups is 2. The highest BCUT2D eigenvalue weighted by Gasteiger charge is 2.43. The van der Waals surface area contributed by atoms with Crippen molar-refractivity contribution in [1.82, 2.24) is 0 Å². The molecule has 0 spiro atoms. The third-order valence-electron chi connectivity index (χ3n) is 6.33. The fourth-order valence-corrected chi connectivity index (χ4v) is 4.62. The summed E-state index contributed by atoms with van der Waals surface area (Å²) in [6.45, 7) is 3.73. The van der Waals surface area contributed by atoms with Crippen molar-refractivity contribution in [3.8, 4) is 23.3 Å². The number of nitrogens with one attached hydrogen (secondary N) is 1. The molecule has 1 heterocycles. The van der Waals surface area contributed by atoms with Crippen LogP contribution in [0, 0.1) is 16.7 Å². The fourth-order valence-electron chi connectivity index (χ4n) is 4.62. The molecular weight excluding hydrogens is 474 g/mol. The Hall–Kier alpha value is -4.45. The first-order chi connectivity index (χ1) is 17.7. The number of amides is 1. The first-order valence-electron chi connectivity index (χ1n) is 11.7. The number of nitrogens with two attached hydrogens (primary N) is 1. The number of methoxy groups -OCH3 is 2. The number of carbonyl (C=O) groups excluding carboxylic acids is 2. The quantitative estimate of drug-likeness (QED) is 0.575. The van der Waals surface area contributed by atoms with Crippen molar-refractivity contribution in [2.24, 2.45) is 11.1 Å². The molecule has 4 rings (SSSR count). The molecular formula is C28H29N3O6. The van der Waals surface area contributed by atoms with Crippen LogP contribution in [0.15, 0.2) is 65.3 Å². The Bertz CT molecular complexity index is 1330. The van der Waals surface area contributed by atoms with Gasteiger partial charge in [-0.25, -0.2) is 0 Å². The summed E-state index contributed by atoms with van der Waals surface area (Å²) >= 11 is 0. The zero-order valence-electron chi connectivity index (χ0n) is 21.2. The fraction of sp³-hybridized carbons (Fsp3) is 0.321. The molecule has 0 unspecified atom stereocenters. The molecule has 1 amide bonds. The van der Waals surface area contributed by atoms with Gasteiger partial charge in [0.05, 0.1) is 20.1 Å². The molecule has 0 fully saturated rings. The number of ketones is 1. The SMILES string of the molecule is COc1ccc(NC(=O)COc2ccc([C@H]3C(C#N)=C(N)OC4=C3C(=O)CC(C)(C)C4)cc2OC)cc1. The van der Waals surface area contributed by atoms with Crippen LogP contribution in [0.3, 0.4) is 0 Å². The number of allylic oxidation sites excluding steroid dienone is 3. The molecule has 9 heteroatoms. The summed E-state index contributed by atoms with van der Waals surface area (Å²) in [7, 11) is 3.04. The predicted molar refractivity (Wildman–Crippen MR) is 136 cm³/mol. The summed E-state index contributed by atoms with van der Waals surface area (Å²) in [6.07, 6.45) is 0.873. The first kappa shape index (κ1) is 25.6. The maximum absolute atomic E-state index is 13.2. The van der Waals surface area contributed by atoms with Crippen molar-refractivity contribution in [2.45, 2.75) is 32.6 Å². The standard InChI is InChI=1S/C28H29N3O6/c1-28(2)12-20(32)26-23(13-28)37-27(30)19(14-29)25(26)16-5-10-21(22(11-16)35-4)36-15-24(33)31-17-6-8-18(34-3)9-7-17/h5-11,25H,12-13,15,30H2,1-4H3,(H,31,33)/t25-/m0/s1. The number of benzene rings is 2. The molecule has 2 aliphatic rings. The molecule has 1 aliphatic heterocycles. The Kier molecular flexibility index (Phi) is 7.11. The Morgan fingerprint density at radius 1 is 1.14 bits per heavy atom. The van der Waals surface area contributed by atoms with E-state index in [1.54, 1.807) is 49.6 Å². The molecule has 0 radical (unpaired) electrons. The van der Waals surface area contributed by atoms with E-state index in [9.17, 15) is 14.9 Å². The number of hydrogen-bond donors (Lipinski definition) is 2. The lowest BCUT2D eigenvalue weighted by Gasteiger charge is -2.37. The zero-order valence-corrected chi connectivity index (χ0v) is 21.2.